The topological polar surface area (TPSA) is 55.8 Å². The highest BCUT2D eigenvalue weighted by atomic mass is 16.4. The molecule has 2 atom stereocenters. The summed E-state index contributed by atoms with van der Waals surface area (Å²) in [6.07, 6.45) is 4.71. The molecule has 110 valence electrons. The normalized spacial score (nSPS) is 26.9. The Morgan fingerprint density at radius 1 is 1.37 bits per heavy atom. The summed E-state index contributed by atoms with van der Waals surface area (Å²) < 4.78 is 0. The lowest BCUT2D eigenvalue weighted by Crippen LogP contribution is -2.48. The van der Waals surface area contributed by atoms with Gasteiger partial charge in [0, 0.05) is 19.1 Å². The number of nitrogens with one attached hydrogen (secondary N) is 1. The summed E-state index contributed by atoms with van der Waals surface area (Å²) in [5.74, 6) is -0.721. The number of nitrogens with zero attached hydrogens (tertiary/aromatic N) is 2. The third-order valence-corrected chi connectivity index (χ3v) is 4.27. The summed E-state index contributed by atoms with van der Waals surface area (Å²) in [5, 5.41) is 12.4. The van der Waals surface area contributed by atoms with Crippen LogP contribution in [0.1, 0.15) is 32.6 Å². The Morgan fingerprint density at radius 3 is 2.89 bits per heavy atom. The Morgan fingerprint density at radius 2 is 2.16 bits per heavy atom. The lowest BCUT2D eigenvalue weighted by atomic mass is 10.2. The molecular formula is C14H27N3O2. The van der Waals surface area contributed by atoms with Crippen LogP contribution in [0.2, 0.25) is 0 Å². The van der Waals surface area contributed by atoms with Gasteiger partial charge in [0.15, 0.2) is 0 Å². The van der Waals surface area contributed by atoms with Gasteiger partial charge in [-0.05, 0) is 51.9 Å². The smallest absolute Gasteiger partial charge is 0.322 e. The van der Waals surface area contributed by atoms with E-state index in [2.05, 4.69) is 22.0 Å². The molecular weight excluding hydrogens is 242 g/mol. The van der Waals surface area contributed by atoms with Crippen LogP contribution in [0.3, 0.4) is 0 Å². The van der Waals surface area contributed by atoms with E-state index in [1.165, 1.54) is 25.9 Å². The molecule has 2 unspecified atom stereocenters. The lowest BCUT2D eigenvalue weighted by Gasteiger charge is -2.28. The molecule has 0 aromatic rings. The van der Waals surface area contributed by atoms with Crippen molar-refractivity contribution in [3.63, 3.8) is 0 Å². The zero-order valence-corrected chi connectivity index (χ0v) is 12.0. The Kier molecular flexibility index (Phi) is 5.60. The van der Waals surface area contributed by atoms with Crippen LogP contribution < -0.4 is 5.32 Å². The molecule has 0 amide bonds. The molecule has 0 saturated carbocycles. The quantitative estimate of drug-likeness (QED) is 0.740. The second-order valence-electron chi connectivity index (χ2n) is 5.79. The molecule has 2 heterocycles. The van der Waals surface area contributed by atoms with Crippen molar-refractivity contribution in [2.24, 2.45) is 0 Å². The van der Waals surface area contributed by atoms with Crippen molar-refractivity contribution in [1.29, 1.82) is 0 Å². The highest BCUT2D eigenvalue weighted by Crippen LogP contribution is 2.21. The second kappa shape index (κ2) is 7.22. The Labute approximate surface area is 115 Å². The van der Waals surface area contributed by atoms with Crippen molar-refractivity contribution in [1.82, 2.24) is 15.1 Å². The monoisotopic (exact) mass is 269 g/mol. The van der Waals surface area contributed by atoms with E-state index in [1.54, 1.807) is 0 Å². The minimum atomic E-state index is -0.721. The fraction of sp³-hybridized carbons (Fsp3) is 0.929. The number of carboxylic acids is 1. The van der Waals surface area contributed by atoms with Gasteiger partial charge in [0.1, 0.15) is 6.04 Å². The first-order chi connectivity index (χ1) is 9.20. The number of fused-ring (bicyclic) bond motifs is 1. The molecule has 2 N–H and O–H groups in total. The maximum atomic E-state index is 11.3. The van der Waals surface area contributed by atoms with Gasteiger partial charge in [0.2, 0.25) is 0 Å². The van der Waals surface area contributed by atoms with Crippen LogP contribution in [0, 0.1) is 0 Å². The standard InChI is InChI=1S/C14H27N3O2/c1-2-6-15-13(14(18)19)11-16-7-4-9-17-8-3-5-12(17)10-16/h12-13,15H,2-11H2,1H3,(H,18,19). The number of hydrogen-bond acceptors (Lipinski definition) is 4. The molecule has 0 radical (unpaired) electrons. The van der Waals surface area contributed by atoms with Crippen LogP contribution in [-0.2, 0) is 4.79 Å². The summed E-state index contributed by atoms with van der Waals surface area (Å²) in [7, 11) is 0. The number of hydrogen-bond donors (Lipinski definition) is 2. The van der Waals surface area contributed by atoms with Crippen LogP contribution in [-0.4, -0.2) is 72.2 Å². The van der Waals surface area contributed by atoms with Crippen LogP contribution in [0.25, 0.3) is 0 Å². The molecule has 2 fully saturated rings. The molecule has 2 saturated heterocycles. The zero-order valence-electron chi connectivity index (χ0n) is 12.0. The molecule has 2 rings (SSSR count). The van der Waals surface area contributed by atoms with Crippen LogP contribution >= 0.6 is 0 Å². The third-order valence-electron chi connectivity index (χ3n) is 4.27. The number of carboxylic acid groups (broad SMARTS) is 1. The van der Waals surface area contributed by atoms with Gasteiger partial charge >= 0.3 is 5.97 Å². The maximum Gasteiger partial charge on any atom is 0.322 e. The van der Waals surface area contributed by atoms with E-state index < -0.39 is 12.0 Å². The van der Waals surface area contributed by atoms with Crippen molar-refractivity contribution < 1.29 is 9.90 Å². The lowest BCUT2D eigenvalue weighted by molar-refractivity contribution is -0.140. The second-order valence-corrected chi connectivity index (χ2v) is 5.79. The van der Waals surface area contributed by atoms with Crippen molar-refractivity contribution in [2.45, 2.75) is 44.7 Å². The summed E-state index contributed by atoms with van der Waals surface area (Å²) >= 11 is 0. The maximum absolute atomic E-state index is 11.3. The molecule has 2 aliphatic heterocycles. The first kappa shape index (κ1) is 14.8. The van der Waals surface area contributed by atoms with Gasteiger partial charge in [-0.3, -0.25) is 14.6 Å². The Hall–Kier alpha value is -0.650. The van der Waals surface area contributed by atoms with Gasteiger partial charge in [0.25, 0.3) is 0 Å². The summed E-state index contributed by atoms with van der Waals surface area (Å²) in [6, 6.07) is 0.232. The highest BCUT2D eigenvalue weighted by Gasteiger charge is 2.30. The minimum absolute atomic E-state index is 0.423. The number of aliphatic carboxylic acids is 1. The van der Waals surface area contributed by atoms with Gasteiger partial charge in [-0.1, -0.05) is 6.92 Å². The van der Waals surface area contributed by atoms with Gasteiger partial charge in [-0.25, -0.2) is 0 Å². The molecule has 5 heteroatoms. The van der Waals surface area contributed by atoms with Crippen molar-refractivity contribution in [3.8, 4) is 0 Å². The highest BCUT2D eigenvalue weighted by molar-refractivity contribution is 5.73. The fourth-order valence-electron chi connectivity index (χ4n) is 3.26. The summed E-state index contributed by atoms with van der Waals surface area (Å²) in [6.45, 7) is 7.96. The molecule has 2 aliphatic rings. The van der Waals surface area contributed by atoms with E-state index in [0.717, 1.165) is 32.5 Å². The predicted molar refractivity (Wildman–Crippen MR) is 75.4 cm³/mol. The molecule has 0 aliphatic carbocycles. The van der Waals surface area contributed by atoms with E-state index >= 15 is 0 Å². The first-order valence-electron chi connectivity index (χ1n) is 7.63. The van der Waals surface area contributed by atoms with E-state index in [0.29, 0.717) is 12.6 Å². The number of rotatable bonds is 6. The number of carbonyl (C=O) groups is 1. The summed E-state index contributed by atoms with van der Waals surface area (Å²) in [4.78, 5) is 16.2. The van der Waals surface area contributed by atoms with E-state index in [-0.39, 0.29) is 0 Å². The van der Waals surface area contributed by atoms with Crippen LogP contribution in [0.15, 0.2) is 0 Å². The van der Waals surface area contributed by atoms with E-state index in [1.807, 2.05) is 0 Å². The van der Waals surface area contributed by atoms with Crippen LogP contribution in [0.4, 0.5) is 0 Å². The average Bonchev–Trinajstić information content (AvgIpc) is 2.73. The largest absolute Gasteiger partial charge is 0.480 e. The average molecular weight is 269 g/mol. The Bertz CT molecular complexity index is 298. The van der Waals surface area contributed by atoms with Crippen LogP contribution in [0.5, 0.6) is 0 Å². The minimum Gasteiger partial charge on any atom is -0.480 e. The molecule has 0 aromatic carbocycles. The predicted octanol–water partition coefficient (Wildman–Crippen LogP) is 0.609. The van der Waals surface area contributed by atoms with Crippen molar-refractivity contribution in [3.05, 3.63) is 0 Å². The SMILES string of the molecule is CCCNC(CN1CCCN2CCCC2C1)C(=O)O. The fourth-order valence-corrected chi connectivity index (χ4v) is 3.26. The van der Waals surface area contributed by atoms with E-state index in [4.69, 9.17) is 0 Å². The molecule has 0 bridgehead atoms. The Balaban J connectivity index is 1.86. The molecule has 0 aromatic heterocycles. The summed E-state index contributed by atoms with van der Waals surface area (Å²) in [5.41, 5.74) is 0. The van der Waals surface area contributed by atoms with Gasteiger partial charge in [-0.15, -0.1) is 0 Å². The van der Waals surface area contributed by atoms with Gasteiger partial charge in [-0.2, -0.15) is 0 Å². The zero-order chi connectivity index (χ0) is 13.7. The van der Waals surface area contributed by atoms with Gasteiger partial charge < -0.3 is 10.4 Å². The first-order valence-corrected chi connectivity index (χ1v) is 7.63. The molecule has 5 nitrogen and oxygen atoms in total. The van der Waals surface area contributed by atoms with Crippen molar-refractivity contribution in [2.75, 3.05) is 39.3 Å². The van der Waals surface area contributed by atoms with Crippen molar-refractivity contribution >= 4 is 5.97 Å². The van der Waals surface area contributed by atoms with E-state index in [9.17, 15) is 9.90 Å². The van der Waals surface area contributed by atoms with Gasteiger partial charge in [0.05, 0.1) is 0 Å². The molecule has 0 spiro atoms. The molecule has 19 heavy (non-hydrogen) atoms. The third kappa shape index (κ3) is 4.16.